The molecule has 0 radical (unpaired) electrons. The summed E-state index contributed by atoms with van der Waals surface area (Å²) in [6.07, 6.45) is 1.47. The molecule has 1 aromatic carbocycles. The summed E-state index contributed by atoms with van der Waals surface area (Å²) in [5.74, 6) is -1.30. The Labute approximate surface area is 138 Å². The molecule has 0 aliphatic carbocycles. The van der Waals surface area contributed by atoms with Gasteiger partial charge in [-0.3, -0.25) is 14.2 Å². The predicted octanol–water partition coefficient (Wildman–Crippen LogP) is 1.40. The van der Waals surface area contributed by atoms with Crippen LogP contribution in [0.15, 0.2) is 33.5 Å². The molecule has 3 rings (SSSR count). The van der Waals surface area contributed by atoms with Gasteiger partial charge in [0.15, 0.2) is 5.58 Å². The fourth-order valence-electron chi connectivity index (χ4n) is 3.06. The molecule has 0 saturated carbocycles. The molecule has 2 aromatic rings. The standard InChI is InChI=1S/C17H20N2O5/c1-2-23-16(21)12-6-5-9-18(10-12)15(20)11-19-13-7-3-4-8-14(13)24-17(19)22/h3-4,7-8,12H,2,5-6,9-11H2,1H3. The largest absolute Gasteiger partial charge is 0.466 e. The molecule has 1 atom stereocenters. The predicted molar refractivity (Wildman–Crippen MR) is 86.4 cm³/mol. The maximum Gasteiger partial charge on any atom is 0.420 e. The number of piperidine rings is 1. The van der Waals surface area contributed by atoms with Gasteiger partial charge in [0.05, 0.1) is 18.0 Å². The molecular weight excluding hydrogens is 312 g/mol. The Balaban J connectivity index is 1.73. The molecule has 1 aliphatic rings. The zero-order valence-electron chi connectivity index (χ0n) is 13.6. The van der Waals surface area contributed by atoms with Crippen LogP contribution in [0.1, 0.15) is 19.8 Å². The summed E-state index contributed by atoms with van der Waals surface area (Å²) in [5, 5.41) is 0. The number of carbonyl (C=O) groups excluding carboxylic acids is 2. The third kappa shape index (κ3) is 3.20. The lowest BCUT2D eigenvalue weighted by atomic mass is 9.98. The third-order valence-corrected chi connectivity index (χ3v) is 4.26. The Morgan fingerprint density at radius 1 is 1.33 bits per heavy atom. The zero-order valence-corrected chi connectivity index (χ0v) is 13.6. The van der Waals surface area contributed by atoms with Crippen molar-refractivity contribution in [2.45, 2.75) is 26.3 Å². The second-order valence-electron chi connectivity index (χ2n) is 5.85. The van der Waals surface area contributed by atoms with Crippen molar-refractivity contribution in [2.75, 3.05) is 19.7 Å². The second-order valence-corrected chi connectivity index (χ2v) is 5.85. The number of aromatic nitrogens is 1. The van der Waals surface area contributed by atoms with Crippen LogP contribution in [-0.2, 0) is 20.9 Å². The monoisotopic (exact) mass is 332 g/mol. The molecule has 0 bridgehead atoms. The van der Waals surface area contributed by atoms with Crippen molar-refractivity contribution >= 4 is 23.0 Å². The number of para-hydroxylation sites is 2. The van der Waals surface area contributed by atoms with Crippen molar-refractivity contribution in [1.82, 2.24) is 9.47 Å². The fraction of sp³-hybridized carbons (Fsp3) is 0.471. The minimum absolute atomic E-state index is 0.0919. The number of hydrogen-bond donors (Lipinski definition) is 0. The first-order valence-corrected chi connectivity index (χ1v) is 8.13. The Morgan fingerprint density at radius 2 is 2.12 bits per heavy atom. The Morgan fingerprint density at radius 3 is 2.92 bits per heavy atom. The average Bonchev–Trinajstić information content (AvgIpc) is 2.91. The van der Waals surface area contributed by atoms with Crippen LogP contribution < -0.4 is 5.76 Å². The quantitative estimate of drug-likeness (QED) is 0.791. The van der Waals surface area contributed by atoms with Gasteiger partial charge in [-0.15, -0.1) is 0 Å². The van der Waals surface area contributed by atoms with Crippen molar-refractivity contribution in [2.24, 2.45) is 5.92 Å². The number of rotatable bonds is 4. The molecule has 1 saturated heterocycles. The Hall–Kier alpha value is -2.57. The molecule has 7 heteroatoms. The average molecular weight is 332 g/mol. The molecular formula is C17H20N2O5. The topological polar surface area (TPSA) is 81.8 Å². The molecule has 2 heterocycles. The number of likely N-dealkylation sites (tertiary alicyclic amines) is 1. The lowest BCUT2D eigenvalue weighted by Gasteiger charge is -2.31. The van der Waals surface area contributed by atoms with E-state index in [2.05, 4.69) is 0 Å². The van der Waals surface area contributed by atoms with Crippen molar-refractivity contribution in [1.29, 1.82) is 0 Å². The van der Waals surface area contributed by atoms with Crippen molar-refractivity contribution < 1.29 is 18.7 Å². The van der Waals surface area contributed by atoms with Crippen LogP contribution in [0.4, 0.5) is 0 Å². The molecule has 1 unspecified atom stereocenters. The van der Waals surface area contributed by atoms with Crippen LogP contribution in [0.25, 0.3) is 11.1 Å². The number of amides is 1. The van der Waals surface area contributed by atoms with E-state index in [1.165, 1.54) is 4.57 Å². The highest BCUT2D eigenvalue weighted by Gasteiger charge is 2.29. The van der Waals surface area contributed by atoms with Crippen molar-refractivity contribution in [3.8, 4) is 0 Å². The number of nitrogens with zero attached hydrogens (tertiary/aromatic N) is 2. The number of fused-ring (bicyclic) bond motifs is 1. The number of carbonyl (C=O) groups is 2. The summed E-state index contributed by atoms with van der Waals surface area (Å²) < 4.78 is 11.5. The summed E-state index contributed by atoms with van der Waals surface area (Å²) >= 11 is 0. The normalized spacial score (nSPS) is 17.9. The first kappa shape index (κ1) is 16.3. The van der Waals surface area contributed by atoms with Gasteiger partial charge >= 0.3 is 11.7 Å². The molecule has 1 fully saturated rings. The van der Waals surface area contributed by atoms with Gasteiger partial charge < -0.3 is 14.1 Å². The summed E-state index contributed by atoms with van der Waals surface area (Å²) in [7, 11) is 0. The number of esters is 1. The van der Waals surface area contributed by atoms with E-state index in [1.807, 2.05) is 0 Å². The van der Waals surface area contributed by atoms with Crippen LogP contribution in [0.2, 0.25) is 0 Å². The first-order valence-electron chi connectivity index (χ1n) is 8.13. The van der Waals surface area contributed by atoms with Gasteiger partial charge in [0.2, 0.25) is 5.91 Å². The van der Waals surface area contributed by atoms with Gasteiger partial charge in [-0.05, 0) is 31.9 Å². The summed E-state index contributed by atoms with van der Waals surface area (Å²) in [6, 6.07) is 6.99. The van der Waals surface area contributed by atoms with Crippen LogP contribution in [0.5, 0.6) is 0 Å². The minimum Gasteiger partial charge on any atom is -0.466 e. The number of benzene rings is 1. The SMILES string of the molecule is CCOC(=O)C1CCCN(C(=O)Cn2c(=O)oc3ccccc32)C1. The zero-order chi connectivity index (χ0) is 17.1. The summed E-state index contributed by atoms with van der Waals surface area (Å²) in [6.45, 7) is 2.92. The van der Waals surface area contributed by atoms with E-state index in [4.69, 9.17) is 9.15 Å². The third-order valence-electron chi connectivity index (χ3n) is 4.26. The van der Waals surface area contributed by atoms with E-state index in [9.17, 15) is 14.4 Å². The van der Waals surface area contributed by atoms with Crippen LogP contribution in [0.3, 0.4) is 0 Å². The highest BCUT2D eigenvalue weighted by Crippen LogP contribution is 2.19. The van der Waals surface area contributed by atoms with E-state index < -0.39 is 5.76 Å². The molecule has 128 valence electrons. The van der Waals surface area contributed by atoms with Gasteiger partial charge in [-0.1, -0.05) is 12.1 Å². The van der Waals surface area contributed by atoms with Gasteiger partial charge in [-0.2, -0.15) is 0 Å². The van der Waals surface area contributed by atoms with Crippen molar-refractivity contribution in [3.63, 3.8) is 0 Å². The fourth-order valence-corrected chi connectivity index (χ4v) is 3.06. The van der Waals surface area contributed by atoms with E-state index in [0.717, 1.165) is 12.8 Å². The summed E-state index contributed by atoms with van der Waals surface area (Å²) in [5.41, 5.74) is 1.05. The molecule has 0 spiro atoms. The van der Waals surface area contributed by atoms with Gasteiger partial charge in [0.1, 0.15) is 6.54 Å². The van der Waals surface area contributed by atoms with Crippen LogP contribution in [-0.4, -0.2) is 41.0 Å². The smallest absolute Gasteiger partial charge is 0.420 e. The highest BCUT2D eigenvalue weighted by atomic mass is 16.5. The molecule has 1 amide bonds. The van der Waals surface area contributed by atoms with Crippen LogP contribution >= 0.6 is 0 Å². The Kier molecular flexibility index (Phi) is 4.69. The Bertz CT molecular complexity index is 807. The van der Waals surface area contributed by atoms with Gasteiger partial charge in [0, 0.05) is 13.1 Å². The van der Waals surface area contributed by atoms with E-state index in [1.54, 1.807) is 36.1 Å². The minimum atomic E-state index is -0.552. The van der Waals surface area contributed by atoms with Gasteiger partial charge in [-0.25, -0.2) is 4.79 Å². The molecule has 7 nitrogen and oxygen atoms in total. The molecule has 1 aromatic heterocycles. The molecule has 24 heavy (non-hydrogen) atoms. The summed E-state index contributed by atoms with van der Waals surface area (Å²) in [4.78, 5) is 38.0. The lowest BCUT2D eigenvalue weighted by molar-refractivity contribution is -0.151. The first-order chi connectivity index (χ1) is 11.6. The maximum atomic E-state index is 12.6. The van der Waals surface area contributed by atoms with Crippen molar-refractivity contribution in [3.05, 3.63) is 34.8 Å². The highest BCUT2D eigenvalue weighted by molar-refractivity contribution is 5.80. The lowest BCUT2D eigenvalue weighted by Crippen LogP contribution is -2.44. The number of ether oxygens (including phenoxy) is 1. The molecule has 0 N–H and O–H groups in total. The maximum absolute atomic E-state index is 12.6. The second kappa shape index (κ2) is 6.90. The van der Waals surface area contributed by atoms with E-state index in [-0.39, 0.29) is 24.3 Å². The van der Waals surface area contributed by atoms with E-state index in [0.29, 0.717) is 30.8 Å². The van der Waals surface area contributed by atoms with Crippen LogP contribution in [0, 0.1) is 5.92 Å². The van der Waals surface area contributed by atoms with E-state index >= 15 is 0 Å². The molecule has 1 aliphatic heterocycles. The number of hydrogen-bond acceptors (Lipinski definition) is 5. The van der Waals surface area contributed by atoms with Gasteiger partial charge in [0.25, 0.3) is 0 Å². The number of oxazole rings is 1.